The molecule has 4 heteroatoms. The smallest absolute Gasteiger partial charge is 0.125 e. The zero-order valence-corrected chi connectivity index (χ0v) is 10.1. The summed E-state index contributed by atoms with van der Waals surface area (Å²) < 4.78 is 5.60. The molecule has 0 spiro atoms. The predicted octanol–water partition coefficient (Wildman–Crippen LogP) is 3.37. The van der Waals surface area contributed by atoms with Crippen LogP contribution in [0.15, 0.2) is 33.4 Å². The molecule has 0 amide bonds. The summed E-state index contributed by atoms with van der Waals surface area (Å²) in [4.78, 5) is 0. The van der Waals surface area contributed by atoms with E-state index < -0.39 is 0 Å². The van der Waals surface area contributed by atoms with Crippen LogP contribution in [0.2, 0.25) is 0 Å². The molecule has 0 saturated carbocycles. The molecule has 0 unspecified atom stereocenters. The van der Waals surface area contributed by atoms with Crippen molar-refractivity contribution in [2.45, 2.75) is 19.4 Å². The Hall–Kier alpha value is -0.770. The van der Waals surface area contributed by atoms with Gasteiger partial charge in [0, 0.05) is 6.42 Å². The number of halogens is 1. The molecule has 0 bridgehead atoms. The Bertz CT molecular complexity index is 396. The fourth-order valence-corrected chi connectivity index (χ4v) is 2.06. The lowest BCUT2D eigenvalue weighted by molar-refractivity contribution is 0.454. The van der Waals surface area contributed by atoms with Crippen molar-refractivity contribution in [3.63, 3.8) is 0 Å². The van der Waals surface area contributed by atoms with Crippen LogP contribution < -0.4 is 5.73 Å². The average Bonchev–Trinajstić information content (AvgIpc) is 2.88. The molecule has 0 aromatic carbocycles. The fraction of sp³-hybridized carbons (Fsp3) is 0.273. The summed E-state index contributed by atoms with van der Waals surface area (Å²) in [5.41, 5.74) is 7.16. The van der Waals surface area contributed by atoms with Gasteiger partial charge in [-0.3, -0.25) is 0 Å². The van der Waals surface area contributed by atoms with Crippen molar-refractivity contribution >= 4 is 23.7 Å². The van der Waals surface area contributed by atoms with Crippen molar-refractivity contribution in [2.75, 3.05) is 0 Å². The lowest BCUT2D eigenvalue weighted by Gasteiger charge is -2.05. The Labute approximate surface area is 99.5 Å². The minimum absolute atomic E-state index is 0. The van der Waals surface area contributed by atoms with E-state index in [9.17, 15) is 0 Å². The van der Waals surface area contributed by atoms with Gasteiger partial charge in [-0.1, -0.05) is 6.92 Å². The van der Waals surface area contributed by atoms with Gasteiger partial charge in [0.1, 0.15) is 11.5 Å². The molecule has 0 fully saturated rings. The van der Waals surface area contributed by atoms with Crippen LogP contribution in [0.5, 0.6) is 0 Å². The van der Waals surface area contributed by atoms with Crippen molar-refractivity contribution in [2.24, 2.45) is 5.73 Å². The minimum atomic E-state index is -0.124. The highest BCUT2D eigenvalue weighted by Crippen LogP contribution is 2.23. The van der Waals surface area contributed by atoms with Crippen LogP contribution in [-0.4, -0.2) is 0 Å². The maximum Gasteiger partial charge on any atom is 0.125 e. The molecule has 2 aromatic rings. The van der Waals surface area contributed by atoms with Gasteiger partial charge in [0.25, 0.3) is 0 Å². The standard InChI is InChI=1S/C11H13NOS.ClH/c1-2-9-3-4-10(13-9)11(12)8-5-6-14-7-8;/h3-7,11H,2,12H2,1H3;1H/t11-;/m0./s1. The number of nitrogens with two attached hydrogens (primary N) is 1. The molecule has 2 N–H and O–H groups in total. The van der Waals surface area contributed by atoms with E-state index in [-0.39, 0.29) is 18.4 Å². The molecule has 0 saturated heterocycles. The lowest BCUT2D eigenvalue weighted by Crippen LogP contribution is -2.09. The molecule has 82 valence electrons. The predicted molar refractivity (Wildman–Crippen MR) is 65.7 cm³/mol. The molecule has 0 radical (unpaired) electrons. The van der Waals surface area contributed by atoms with Crippen molar-refractivity contribution in [3.05, 3.63) is 46.0 Å². The fourth-order valence-electron chi connectivity index (χ4n) is 1.37. The third-order valence-corrected chi connectivity index (χ3v) is 2.94. The van der Waals surface area contributed by atoms with E-state index in [1.54, 1.807) is 11.3 Å². The van der Waals surface area contributed by atoms with Crippen molar-refractivity contribution < 1.29 is 4.42 Å². The summed E-state index contributed by atoms with van der Waals surface area (Å²) in [5.74, 6) is 1.84. The molecule has 15 heavy (non-hydrogen) atoms. The molecule has 2 aromatic heterocycles. The molecule has 2 rings (SSSR count). The van der Waals surface area contributed by atoms with Crippen LogP contribution in [-0.2, 0) is 6.42 Å². The van der Waals surface area contributed by atoms with Gasteiger partial charge in [0.2, 0.25) is 0 Å². The molecule has 1 atom stereocenters. The van der Waals surface area contributed by atoms with E-state index in [0.29, 0.717) is 0 Å². The normalized spacial score (nSPS) is 12.1. The highest BCUT2D eigenvalue weighted by atomic mass is 35.5. The summed E-state index contributed by atoms with van der Waals surface area (Å²) in [7, 11) is 0. The van der Waals surface area contributed by atoms with Crippen LogP contribution in [0, 0.1) is 0 Å². The summed E-state index contributed by atoms with van der Waals surface area (Å²) in [5, 5.41) is 4.08. The second-order valence-electron chi connectivity index (χ2n) is 3.19. The number of hydrogen-bond acceptors (Lipinski definition) is 3. The summed E-state index contributed by atoms with van der Waals surface area (Å²) >= 11 is 1.65. The summed E-state index contributed by atoms with van der Waals surface area (Å²) in [6, 6.07) is 5.85. The number of rotatable bonds is 3. The van der Waals surface area contributed by atoms with E-state index >= 15 is 0 Å². The summed E-state index contributed by atoms with van der Waals surface area (Å²) in [6.45, 7) is 2.07. The number of thiophene rings is 1. The molecule has 2 heterocycles. The third-order valence-electron chi connectivity index (χ3n) is 2.24. The first-order valence-corrected chi connectivity index (χ1v) is 5.62. The Morgan fingerprint density at radius 3 is 2.73 bits per heavy atom. The van der Waals surface area contributed by atoms with Crippen LogP contribution in [0.4, 0.5) is 0 Å². The van der Waals surface area contributed by atoms with E-state index in [2.05, 4.69) is 12.3 Å². The zero-order chi connectivity index (χ0) is 9.97. The van der Waals surface area contributed by atoms with Crippen molar-refractivity contribution in [1.82, 2.24) is 0 Å². The van der Waals surface area contributed by atoms with E-state index in [1.165, 1.54) is 0 Å². The summed E-state index contributed by atoms with van der Waals surface area (Å²) in [6.07, 6.45) is 0.913. The topological polar surface area (TPSA) is 39.2 Å². The molecular formula is C11H14ClNOS. The van der Waals surface area contributed by atoms with E-state index in [0.717, 1.165) is 23.5 Å². The monoisotopic (exact) mass is 243 g/mol. The molecule has 2 nitrogen and oxygen atoms in total. The van der Waals surface area contributed by atoms with Gasteiger partial charge in [-0.2, -0.15) is 11.3 Å². The first kappa shape index (κ1) is 12.3. The van der Waals surface area contributed by atoms with Crippen LogP contribution in [0.3, 0.4) is 0 Å². The van der Waals surface area contributed by atoms with Gasteiger partial charge in [0.15, 0.2) is 0 Å². The Morgan fingerprint density at radius 1 is 1.40 bits per heavy atom. The minimum Gasteiger partial charge on any atom is -0.464 e. The van der Waals surface area contributed by atoms with E-state index in [4.69, 9.17) is 10.2 Å². The zero-order valence-electron chi connectivity index (χ0n) is 8.47. The van der Waals surface area contributed by atoms with Crippen molar-refractivity contribution in [1.29, 1.82) is 0 Å². The van der Waals surface area contributed by atoms with Gasteiger partial charge >= 0.3 is 0 Å². The third kappa shape index (κ3) is 2.62. The van der Waals surface area contributed by atoms with Gasteiger partial charge in [-0.05, 0) is 34.5 Å². The van der Waals surface area contributed by atoms with Gasteiger partial charge in [-0.15, -0.1) is 12.4 Å². The van der Waals surface area contributed by atoms with Crippen LogP contribution >= 0.6 is 23.7 Å². The SMILES string of the molecule is CCc1ccc([C@@H](N)c2ccsc2)o1.Cl. The van der Waals surface area contributed by atoms with Crippen LogP contribution in [0.25, 0.3) is 0 Å². The van der Waals surface area contributed by atoms with Gasteiger partial charge in [0.05, 0.1) is 6.04 Å². The maximum absolute atomic E-state index is 6.04. The Kier molecular flexibility index (Phi) is 4.39. The largest absolute Gasteiger partial charge is 0.464 e. The van der Waals surface area contributed by atoms with Gasteiger partial charge in [-0.25, -0.2) is 0 Å². The Balaban J connectivity index is 0.00000112. The molecule has 0 aliphatic rings. The Morgan fingerprint density at radius 2 is 2.20 bits per heavy atom. The number of hydrogen-bond donors (Lipinski definition) is 1. The molecular weight excluding hydrogens is 230 g/mol. The lowest BCUT2D eigenvalue weighted by atomic mass is 10.1. The highest BCUT2D eigenvalue weighted by Gasteiger charge is 2.12. The van der Waals surface area contributed by atoms with Crippen LogP contribution in [0.1, 0.15) is 30.0 Å². The molecule has 0 aliphatic heterocycles. The second-order valence-corrected chi connectivity index (χ2v) is 3.97. The second kappa shape index (κ2) is 5.35. The van der Waals surface area contributed by atoms with E-state index in [1.807, 2.05) is 23.6 Å². The highest BCUT2D eigenvalue weighted by molar-refractivity contribution is 7.07. The number of furan rings is 1. The molecule has 0 aliphatic carbocycles. The first-order chi connectivity index (χ1) is 6.81. The van der Waals surface area contributed by atoms with Crippen molar-refractivity contribution in [3.8, 4) is 0 Å². The van der Waals surface area contributed by atoms with Gasteiger partial charge < -0.3 is 10.2 Å². The maximum atomic E-state index is 6.04. The number of aryl methyl sites for hydroxylation is 1. The average molecular weight is 244 g/mol. The quantitative estimate of drug-likeness (QED) is 0.898. The first-order valence-electron chi connectivity index (χ1n) is 4.67.